The number of fused-ring (bicyclic) bond motifs is 7. The van der Waals surface area contributed by atoms with E-state index >= 15 is 0 Å². The number of imide groups is 1. The van der Waals surface area contributed by atoms with Crippen LogP contribution in [0.3, 0.4) is 0 Å². The van der Waals surface area contributed by atoms with Gasteiger partial charge in [-0.15, -0.1) is 0 Å². The molecular weight excluding hydrogens is 437 g/mol. The van der Waals surface area contributed by atoms with E-state index < -0.39 is 17.4 Å². The molecule has 0 aliphatic carbocycles. The van der Waals surface area contributed by atoms with Gasteiger partial charge in [-0.2, -0.15) is 0 Å². The van der Waals surface area contributed by atoms with Crippen molar-refractivity contribution in [3.8, 4) is 0 Å². The van der Waals surface area contributed by atoms with Crippen LogP contribution in [-0.4, -0.2) is 35.2 Å². The highest BCUT2D eigenvalue weighted by molar-refractivity contribution is 6.32. The van der Waals surface area contributed by atoms with Crippen molar-refractivity contribution < 1.29 is 14.4 Å². The average molecular weight is 456 g/mol. The van der Waals surface area contributed by atoms with Crippen LogP contribution < -0.4 is 10.2 Å². The number of aryl methyl sites for hydroxylation is 1. The number of nitrogens with zero attached hydrogens (tertiary/aromatic N) is 2. The standard InChI is InChI=1S/C23H19Cl2N3O3/c1-11-9-13(25)10-15-19(11)26-22(31)23(15)18-17(16-3-2-8-27(16)23)20(29)28(21(18)30)14-6-4-12(24)5-7-14/h4-7,9-10,16-18H,2-3,8H2,1H3,(H,26,31)/t16-,17+,18-,23-/m0/s1. The highest BCUT2D eigenvalue weighted by atomic mass is 35.5. The highest BCUT2D eigenvalue weighted by Gasteiger charge is 2.74. The second-order valence-electron chi connectivity index (χ2n) is 8.76. The highest BCUT2D eigenvalue weighted by Crippen LogP contribution is 2.61. The van der Waals surface area contributed by atoms with Crippen molar-refractivity contribution in [3.63, 3.8) is 0 Å². The van der Waals surface area contributed by atoms with Crippen LogP contribution in [0.25, 0.3) is 0 Å². The maximum atomic E-state index is 13.8. The maximum absolute atomic E-state index is 13.8. The molecule has 0 radical (unpaired) electrons. The van der Waals surface area contributed by atoms with E-state index in [2.05, 4.69) is 10.2 Å². The molecule has 0 unspecified atom stereocenters. The summed E-state index contributed by atoms with van der Waals surface area (Å²) in [7, 11) is 0. The number of nitrogens with one attached hydrogen (secondary N) is 1. The van der Waals surface area contributed by atoms with E-state index in [1.54, 1.807) is 36.4 Å². The molecule has 2 aromatic rings. The fraction of sp³-hybridized carbons (Fsp3) is 0.348. The summed E-state index contributed by atoms with van der Waals surface area (Å²) >= 11 is 12.4. The van der Waals surface area contributed by atoms with Gasteiger partial charge in [0.1, 0.15) is 5.54 Å². The first kappa shape index (κ1) is 19.3. The molecular formula is C23H19Cl2N3O3. The Morgan fingerprint density at radius 1 is 1.03 bits per heavy atom. The van der Waals surface area contributed by atoms with E-state index in [4.69, 9.17) is 23.2 Å². The Hall–Kier alpha value is -2.41. The summed E-state index contributed by atoms with van der Waals surface area (Å²) in [6, 6.07) is 10.1. The Balaban J connectivity index is 1.57. The molecule has 3 fully saturated rings. The van der Waals surface area contributed by atoms with Crippen molar-refractivity contribution in [1.82, 2.24) is 4.90 Å². The molecule has 6 rings (SSSR count). The van der Waals surface area contributed by atoms with Crippen molar-refractivity contribution >= 4 is 52.3 Å². The summed E-state index contributed by atoms with van der Waals surface area (Å²) < 4.78 is 0. The van der Waals surface area contributed by atoms with E-state index in [0.29, 0.717) is 33.5 Å². The molecule has 0 bridgehead atoms. The van der Waals surface area contributed by atoms with E-state index in [-0.39, 0.29) is 23.8 Å². The van der Waals surface area contributed by atoms with Gasteiger partial charge in [0, 0.05) is 27.3 Å². The zero-order valence-electron chi connectivity index (χ0n) is 16.7. The molecule has 1 N–H and O–H groups in total. The van der Waals surface area contributed by atoms with Crippen LogP contribution in [0.5, 0.6) is 0 Å². The largest absolute Gasteiger partial charge is 0.324 e. The van der Waals surface area contributed by atoms with Crippen molar-refractivity contribution in [3.05, 3.63) is 57.6 Å². The number of carbonyl (C=O) groups excluding carboxylic acids is 3. The Kier molecular flexibility index (Phi) is 3.93. The van der Waals surface area contributed by atoms with Crippen LogP contribution in [0.2, 0.25) is 10.0 Å². The first-order valence-corrected chi connectivity index (χ1v) is 11.1. The minimum atomic E-state index is -1.22. The average Bonchev–Trinajstić information content (AvgIpc) is 3.42. The third kappa shape index (κ3) is 2.25. The van der Waals surface area contributed by atoms with E-state index in [0.717, 1.165) is 18.4 Å². The van der Waals surface area contributed by atoms with E-state index in [1.165, 1.54) is 4.90 Å². The van der Waals surface area contributed by atoms with Crippen LogP contribution in [0.15, 0.2) is 36.4 Å². The van der Waals surface area contributed by atoms with Crippen molar-refractivity contribution in [1.29, 1.82) is 0 Å². The van der Waals surface area contributed by atoms with Crippen LogP contribution in [-0.2, 0) is 19.9 Å². The fourth-order valence-electron chi connectivity index (χ4n) is 6.28. The Labute approximate surface area is 189 Å². The molecule has 4 aliphatic heterocycles. The van der Waals surface area contributed by atoms with Gasteiger partial charge < -0.3 is 5.32 Å². The summed E-state index contributed by atoms with van der Waals surface area (Å²) in [5.41, 5.74) is 1.52. The van der Waals surface area contributed by atoms with Gasteiger partial charge in [0.05, 0.1) is 17.5 Å². The van der Waals surface area contributed by atoms with Crippen LogP contribution >= 0.6 is 23.2 Å². The third-order valence-corrected chi connectivity index (χ3v) is 7.82. The summed E-state index contributed by atoms with van der Waals surface area (Å²) in [4.78, 5) is 44.4. The van der Waals surface area contributed by atoms with Crippen LogP contribution in [0, 0.1) is 18.8 Å². The van der Waals surface area contributed by atoms with Gasteiger partial charge in [0.15, 0.2) is 0 Å². The minimum absolute atomic E-state index is 0.158. The molecule has 1 spiro atoms. The SMILES string of the molecule is Cc1cc(Cl)cc2c1NC(=O)[C@@]21[C@@H]2C(=O)N(c3ccc(Cl)cc3)C(=O)[C@@H]2[C@@H]2CCCN21. The summed E-state index contributed by atoms with van der Waals surface area (Å²) in [5.74, 6) is -2.19. The minimum Gasteiger partial charge on any atom is -0.324 e. The van der Waals surface area contributed by atoms with Gasteiger partial charge in [0.2, 0.25) is 17.7 Å². The smallest absolute Gasteiger partial charge is 0.250 e. The number of hydrogen-bond acceptors (Lipinski definition) is 4. The fourth-order valence-corrected chi connectivity index (χ4v) is 6.68. The van der Waals surface area contributed by atoms with Gasteiger partial charge in [-0.3, -0.25) is 19.3 Å². The molecule has 3 saturated heterocycles. The zero-order chi connectivity index (χ0) is 21.7. The summed E-state index contributed by atoms with van der Waals surface area (Å²) in [5, 5.41) is 4.05. The second kappa shape index (κ2) is 6.31. The number of benzene rings is 2. The van der Waals surface area contributed by atoms with E-state index in [1.807, 2.05) is 6.92 Å². The van der Waals surface area contributed by atoms with Gasteiger partial charge in [-0.1, -0.05) is 23.2 Å². The summed E-state index contributed by atoms with van der Waals surface area (Å²) in [6.07, 6.45) is 1.65. The quantitative estimate of drug-likeness (QED) is 0.665. The predicted molar refractivity (Wildman–Crippen MR) is 117 cm³/mol. The first-order valence-electron chi connectivity index (χ1n) is 10.4. The Morgan fingerprint density at radius 2 is 1.77 bits per heavy atom. The third-order valence-electron chi connectivity index (χ3n) is 7.35. The van der Waals surface area contributed by atoms with Gasteiger partial charge in [-0.05, 0) is 68.3 Å². The molecule has 6 nitrogen and oxygen atoms in total. The normalized spacial score (nSPS) is 31.4. The maximum Gasteiger partial charge on any atom is 0.250 e. The molecule has 4 aliphatic rings. The van der Waals surface area contributed by atoms with Crippen molar-refractivity contribution in [2.45, 2.75) is 31.3 Å². The van der Waals surface area contributed by atoms with Crippen LogP contribution in [0.4, 0.5) is 11.4 Å². The van der Waals surface area contributed by atoms with E-state index in [9.17, 15) is 14.4 Å². The van der Waals surface area contributed by atoms with Crippen molar-refractivity contribution in [2.75, 3.05) is 16.8 Å². The number of halogens is 2. The Morgan fingerprint density at radius 3 is 2.52 bits per heavy atom. The summed E-state index contributed by atoms with van der Waals surface area (Å²) in [6.45, 7) is 2.55. The van der Waals surface area contributed by atoms with Gasteiger partial charge in [0.25, 0.3) is 0 Å². The number of anilines is 2. The monoisotopic (exact) mass is 455 g/mol. The number of hydrogen-bond donors (Lipinski definition) is 1. The van der Waals surface area contributed by atoms with Crippen molar-refractivity contribution in [2.24, 2.45) is 11.8 Å². The topological polar surface area (TPSA) is 69.7 Å². The predicted octanol–water partition coefficient (Wildman–Crippen LogP) is 3.73. The lowest BCUT2D eigenvalue weighted by atomic mass is 9.75. The molecule has 8 heteroatoms. The number of amides is 3. The molecule has 0 saturated carbocycles. The number of carbonyl (C=O) groups is 3. The molecule has 4 atom stereocenters. The van der Waals surface area contributed by atoms with Gasteiger partial charge >= 0.3 is 0 Å². The molecule has 31 heavy (non-hydrogen) atoms. The lowest BCUT2D eigenvalue weighted by Crippen LogP contribution is -2.54. The molecule has 2 aromatic carbocycles. The lowest BCUT2D eigenvalue weighted by Gasteiger charge is -2.36. The van der Waals surface area contributed by atoms with Gasteiger partial charge in [-0.25, -0.2) is 4.90 Å². The molecule has 0 aromatic heterocycles. The first-order chi connectivity index (χ1) is 14.9. The molecule has 158 valence electrons. The van der Waals surface area contributed by atoms with Crippen LogP contribution in [0.1, 0.15) is 24.0 Å². The number of rotatable bonds is 1. The molecule has 3 amide bonds. The second-order valence-corrected chi connectivity index (χ2v) is 9.63. The Bertz CT molecular complexity index is 1180. The lowest BCUT2D eigenvalue weighted by molar-refractivity contribution is -0.135. The zero-order valence-corrected chi connectivity index (χ0v) is 18.2. The molecule has 4 heterocycles.